The molecule has 0 radical (unpaired) electrons. The summed E-state index contributed by atoms with van der Waals surface area (Å²) in [5.41, 5.74) is 0. The van der Waals surface area contributed by atoms with Gasteiger partial charge in [-0.15, -0.1) is 11.3 Å². The summed E-state index contributed by atoms with van der Waals surface area (Å²) in [5.74, 6) is -1.23. The molecule has 2 amide bonds. The molecule has 34 heavy (non-hydrogen) atoms. The highest BCUT2D eigenvalue weighted by molar-refractivity contribution is 7.89. The number of Topliss-reactive ketones (excluding diaryl/α,β-unsaturated/α-hetero) is 1. The third-order valence-electron chi connectivity index (χ3n) is 5.40. The molecule has 184 valence electrons. The number of hydrogen-bond donors (Lipinski definition) is 2. The van der Waals surface area contributed by atoms with Gasteiger partial charge in [-0.2, -0.15) is 9.04 Å². The summed E-state index contributed by atoms with van der Waals surface area (Å²) >= 11 is 1.26. The lowest BCUT2D eigenvalue weighted by Crippen LogP contribution is -2.52. The van der Waals surface area contributed by atoms with Gasteiger partial charge in [-0.25, -0.2) is 8.42 Å². The fourth-order valence-corrected chi connectivity index (χ4v) is 5.81. The molecule has 1 saturated heterocycles. The van der Waals surface area contributed by atoms with Crippen molar-refractivity contribution in [3.05, 3.63) is 52.0 Å². The summed E-state index contributed by atoms with van der Waals surface area (Å²) < 4.78 is 27.0. The zero-order chi connectivity index (χ0) is 24.9. The Balaban J connectivity index is 1.70. The van der Waals surface area contributed by atoms with Crippen molar-refractivity contribution >= 4 is 39.0 Å². The summed E-state index contributed by atoms with van der Waals surface area (Å²) in [5, 5.41) is 18.7. The van der Waals surface area contributed by atoms with Gasteiger partial charge in [0.2, 0.25) is 5.91 Å². The van der Waals surface area contributed by atoms with Crippen LogP contribution in [0.3, 0.4) is 0 Å². The van der Waals surface area contributed by atoms with Crippen molar-refractivity contribution in [2.45, 2.75) is 50.2 Å². The maximum atomic E-state index is 13.0. The first kappa shape index (κ1) is 25.8. The topological polar surface area (TPSA) is 140 Å². The minimum absolute atomic E-state index is 0.0415. The SMILES string of the molecule is CC(C)CC(NC(=O)c1cccs1)C(=O)N[C@H]1CCCN(S(=O)(=O)c2cccc[n+]2[O-])CC1=O. The molecule has 2 aromatic heterocycles. The number of rotatable bonds is 8. The minimum Gasteiger partial charge on any atom is -0.618 e. The normalized spacial score (nSPS) is 18.3. The summed E-state index contributed by atoms with van der Waals surface area (Å²) in [6.07, 6.45) is 2.02. The molecule has 3 heterocycles. The van der Waals surface area contributed by atoms with E-state index in [1.807, 2.05) is 13.8 Å². The van der Waals surface area contributed by atoms with E-state index in [4.69, 9.17) is 0 Å². The van der Waals surface area contributed by atoms with E-state index in [2.05, 4.69) is 10.6 Å². The second-order valence-electron chi connectivity index (χ2n) is 8.51. The first-order chi connectivity index (χ1) is 16.1. The maximum absolute atomic E-state index is 13.0. The number of aromatic nitrogens is 1. The van der Waals surface area contributed by atoms with Crippen molar-refractivity contribution < 1.29 is 27.5 Å². The Hall–Kier alpha value is -2.83. The molecular weight excluding hydrogens is 480 g/mol. The zero-order valence-electron chi connectivity index (χ0n) is 19.0. The largest absolute Gasteiger partial charge is 0.618 e. The van der Waals surface area contributed by atoms with Gasteiger partial charge in [-0.1, -0.05) is 19.9 Å². The minimum atomic E-state index is -4.18. The molecule has 10 nitrogen and oxygen atoms in total. The molecule has 2 atom stereocenters. The van der Waals surface area contributed by atoms with E-state index in [1.165, 1.54) is 29.5 Å². The van der Waals surface area contributed by atoms with Crippen LogP contribution in [-0.2, 0) is 19.6 Å². The first-order valence-corrected chi connectivity index (χ1v) is 13.3. The summed E-state index contributed by atoms with van der Waals surface area (Å²) in [4.78, 5) is 38.8. The van der Waals surface area contributed by atoms with Crippen molar-refractivity contribution in [2.24, 2.45) is 5.92 Å². The highest BCUT2D eigenvalue weighted by Crippen LogP contribution is 2.18. The Morgan fingerprint density at radius 3 is 2.68 bits per heavy atom. The van der Waals surface area contributed by atoms with E-state index in [0.717, 1.165) is 10.5 Å². The van der Waals surface area contributed by atoms with Crippen LogP contribution < -0.4 is 15.4 Å². The molecule has 0 spiro atoms. The van der Waals surface area contributed by atoms with Gasteiger partial charge in [0.25, 0.3) is 5.91 Å². The van der Waals surface area contributed by atoms with Gasteiger partial charge < -0.3 is 15.8 Å². The first-order valence-electron chi connectivity index (χ1n) is 11.0. The Bertz CT molecular complexity index is 1130. The summed E-state index contributed by atoms with van der Waals surface area (Å²) in [6, 6.07) is 5.70. The molecule has 0 bridgehead atoms. The predicted octanol–water partition coefficient (Wildman–Crippen LogP) is 1.06. The van der Waals surface area contributed by atoms with Crippen LogP contribution in [0, 0.1) is 11.1 Å². The van der Waals surface area contributed by atoms with Gasteiger partial charge in [0.05, 0.1) is 17.5 Å². The Morgan fingerprint density at radius 2 is 2.03 bits per heavy atom. The van der Waals surface area contributed by atoms with E-state index in [-0.39, 0.29) is 29.5 Å². The van der Waals surface area contributed by atoms with Crippen LogP contribution in [0.25, 0.3) is 0 Å². The monoisotopic (exact) mass is 508 g/mol. The van der Waals surface area contributed by atoms with Gasteiger partial charge in [0.1, 0.15) is 6.04 Å². The molecule has 0 aromatic carbocycles. The summed E-state index contributed by atoms with van der Waals surface area (Å²) in [7, 11) is -4.18. The number of pyridine rings is 1. The third kappa shape index (κ3) is 6.19. The molecule has 3 rings (SSSR count). The Morgan fingerprint density at radius 1 is 1.26 bits per heavy atom. The number of carbonyl (C=O) groups excluding carboxylic acids is 3. The van der Waals surface area contributed by atoms with Gasteiger partial charge >= 0.3 is 15.0 Å². The number of nitrogens with one attached hydrogen (secondary N) is 2. The van der Waals surface area contributed by atoms with E-state index < -0.39 is 45.4 Å². The van der Waals surface area contributed by atoms with Gasteiger partial charge in [0, 0.05) is 18.7 Å². The molecule has 2 N–H and O–H groups in total. The van der Waals surface area contributed by atoms with Crippen molar-refractivity contribution in [1.82, 2.24) is 14.9 Å². The van der Waals surface area contributed by atoms with Crippen LogP contribution in [0.5, 0.6) is 0 Å². The fourth-order valence-electron chi connectivity index (χ4n) is 3.71. The van der Waals surface area contributed by atoms with E-state index in [1.54, 1.807) is 17.5 Å². The van der Waals surface area contributed by atoms with Gasteiger partial charge in [-0.05, 0) is 42.7 Å². The van der Waals surface area contributed by atoms with Crippen LogP contribution in [0.2, 0.25) is 0 Å². The zero-order valence-corrected chi connectivity index (χ0v) is 20.6. The maximum Gasteiger partial charge on any atom is 0.323 e. The van der Waals surface area contributed by atoms with Crippen LogP contribution in [0.15, 0.2) is 46.9 Å². The molecule has 1 aliphatic heterocycles. The van der Waals surface area contributed by atoms with Crippen LogP contribution in [0.4, 0.5) is 0 Å². The lowest BCUT2D eigenvalue weighted by atomic mass is 10.0. The average molecular weight is 509 g/mol. The number of carbonyl (C=O) groups is 3. The predicted molar refractivity (Wildman–Crippen MR) is 125 cm³/mol. The molecule has 2 aromatic rings. The number of ketones is 1. The molecule has 0 saturated carbocycles. The van der Waals surface area contributed by atoms with Crippen LogP contribution >= 0.6 is 11.3 Å². The Labute approximate surface area is 202 Å². The second kappa shape index (κ2) is 11.1. The quantitative estimate of drug-likeness (QED) is 0.404. The highest BCUT2D eigenvalue weighted by atomic mass is 32.2. The van der Waals surface area contributed by atoms with E-state index in [9.17, 15) is 28.0 Å². The fraction of sp³-hybridized carbons (Fsp3) is 0.455. The molecule has 1 aliphatic rings. The van der Waals surface area contributed by atoms with Gasteiger partial charge in [-0.3, -0.25) is 14.4 Å². The smallest absolute Gasteiger partial charge is 0.323 e. The number of sulfonamides is 1. The van der Waals surface area contributed by atoms with Crippen molar-refractivity contribution in [3.8, 4) is 0 Å². The molecule has 1 fully saturated rings. The number of nitrogens with zero attached hydrogens (tertiary/aromatic N) is 2. The molecular formula is C22H28N4O6S2. The summed E-state index contributed by atoms with van der Waals surface area (Å²) in [6.45, 7) is 3.42. The highest BCUT2D eigenvalue weighted by Gasteiger charge is 2.37. The molecule has 12 heteroatoms. The number of hydrogen-bond acceptors (Lipinski definition) is 7. The number of amides is 2. The van der Waals surface area contributed by atoms with Crippen LogP contribution in [0.1, 0.15) is 42.8 Å². The second-order valence-corrected chi connectivity index (χ2v) is 11.3. The Kier molecular flexibility index (Phi) is 8.39. The third-order valence-corrected chi connectivity index (χ3v) is 8.11. The van der Waals surface area contributed by atoms with E-state index >= 15 is 0 Å². The van der Waals surface area contributed by atoms with Crippen molar-refractivity contribution in [2.75, 3.05) is 13.1 Å². The lowest BCUT2D eigenvalue weighted by Gasteiger charge is -2.23. The van der Waals surface area contributed by atoms with Crippen molar-refractivity contribution in [3.63, 3.8) is 0 Å². The standard InChI is InChI=1S/C22H28N4O6S2/c1-15(2)13-17(24-22(29)19-8-6-12-33-19)21(28)23-16-7-5-10-25(14-18(16)27)34(31,32)20-9-3-4-11-26(20)30/h3-4,6,8-9,11-12,15-17H,5,7,10,13-14H2,1-2H3,(H,23,28)(H,24,29)/t16-,17?/m0/s1. The van der Waals surface area contributed by atoms with E-state index in [0.29, 0.717) is 17.7 Å². The van der Waals surface area contributed by atoms with Gasteiger partial charge in [0.15, 0.2) is 12.0 Å². The van der Waals surface area contributed by atoms with Crippen LogP contribution in [-0.4, -0.2) is 55.5 Å². The molecule has 0 aliphatic carbocycles. The van der Waals surface area contributed by atoms with Crippen molar-refractivity contribution in [1.29, 1.82) is 0 Å². The number of thiophene rings is 1. The lowest BCUT2D eigenvalue weighted by molar-refractivity contribution is -0.646. The average Bonchev–Trinajstić information content (AvgIpc) is 3.25. The molecule has 1 unspecified atom stereocenters.